The van der Waals surface area contributed by atoms with Gasteiger partial charge in [-0.15, -0.1) is 0 Å². The SMILES string of the molecule is COc1ccc(-c2nn(-c3ccc4c(c3)CCNC4)c3c2cnc2ccccc23)cc1OC. The molecule has 0 saturated carbocycles. The standard InChI is InChI=1S/C27H24N4O2/c1-32-24-10-8-18(14-25(24)33-2)26-22-16-29-23-6-4-3-5-21(23)27(22)31(30-26)20-9-7-19-15-28-12-11-17(19)13-20/h3-10,13-14,16,28H,11-12,15H2,1-2H3. The first kappa shape index (κ1) is 19.8. The predicted octanol–water partition coefficient (Wildman–Crippen LogP) is 4.90. The summed E-state index contributed by atoms with van der Waals surface area (Å²) in [5.41, 5.74) is 7.61. The molecule has 3 aromatic carbocycles. The monoisotopic (exact) mass is 436 g/mol. The van der Waals surface area contributed by atoms with Gasteiger partial charge in [-0.1, -0.05) is 24.3 Å². The maximum Gasteiger partial charge on any atom is 0.161 e. The smallest absolute Gasteiger partial charge is 0.161 e. The van der Waals surface area contributed by atoms with Gasteiger partial charge >= 0.3 is 0 Å². The fourth-order valence-corrected chi connectivity index (χ4v) is 4.71. The second-order valence-electron chi connectivity index (χ2n) is 8.25. The van der Waals surface area contributed by atoms with E-state index in [1.165, 1.54) is 11.1 Å². The third-order valence-corrected chi connectivity index (χ3v) is 6.39. The molecule has 6 rings (SSSR count). The lowest BCUT2D eigenvalue weighted by atomic mass is 10.0. The highest BCUT2D eigenvalue weighted by Gasteiger charge is 2.19. The third kappa shape index (κ3) is 3.22. The van der Waals surface area contributed by atoms with Crippen LogP contribution in [0.4, 0.5) is 0 Å². The first-order valence-electron chi connectivity index (χ1n) is 11.1. The molecule has 1 aliphatic heterocycles. The molecule has 33 heavy (non-hydrogen) atoms. The summed E-state index contributed by atoms with van der Waals surface area (Å²) < 4.78 is 13.0. The average Bonchev–Trinajstić information content (AvgIpc) is 3.28. The van der Waals surface area contributed by atoms with Gasteiger partial charge in [0, 0.05) is 29.1 Å². The molecular weight excluding hydrogens is 412 g/mol. The first-order chi connectivity index (χ1) is 16.3. The molecule has 6 nitrogen and oxygen atoms in total. The Morgan fingerprint density at radius 1 is 0.879 bits per heavy atom. The topological polar surface area (TPSA) is 61.2 Å². The number of para-hydroxylation sites is 1. The molecular formula is C27H24N4O2. The molecule has 0 atom stereocenters. The molecule has 0 bridgehead atoms. The maximum absolute atomic E-state index is 5.55. The Balaban J connectivity index is 1.64. The zero-order chi connectivity index (χ0) is 22.4. The fourth-order valence-electron chi connectivity index (χ4n) is 4.71. The van der Waals surface area contributed by atoms with Crippen molar-refractivity contribution in [1.82, 2.24) is 20.1 Å². The Bertz CT molecular complexity index is 1510. The summed E-state index contributed by atoms with van der Waals surface area (Å²) in [7, 11) is 3.29. The third-order valence-electron chi connectivity index (χ3n) is 6.39. The van der Waals surface area contributed by atoms with Crippen molar-refractivity contribution in [3.05, 3.63) is 78.0 Å². The van der Waals surface area contributed by atoms with Gasteiger partial charge in [0.1, 0.15) is 5.69 Å². The van der Waals surface area contributed by atoms with E-state index in [-0.39, 0.29) is 0 Å². The lowest BCUT2D eigenvalue weighted by Crippen LogP contribution is -2.23. The van der Waals surface area contributed by atoms with Crippen LogP contribution in [0.5, 0.6) is 11.5 Å². The number of ether oxygens (including phenoxy) is 2. The molecule has 0 amide bonds. The Morgan fingerprint density at radius 3 is 2.64 bits per heavy atom. The zero-order valence-corrected chi connectivity index (χ0v) is 18.6. The number of hydrogen-bond donors (Lipinski definition) is 1. The Labute approximate surface area is 191 Å². The van der Waals surface area contributed by atoms with Crippen molar-refractivity contribution in [2.75, 3.05) is 20.8 Å². The molecule has 0 radical (unpaired) electrons. The summed E-state index contributed by atoms with van der Waals surface area (Å²) in [6, 6.07) is 20.8. The number of aromatic nitrogens is 3. The van der Waals surface area contributed by atoms with Crippen molar-refractivity contribution >= 4 is 21.8 Å². The second-order valence-corrected chi connectivity index (χ2v) is 8.25. The quantitative estimate of drug-likeness (QED) is 0.434. The van der Waals surface area contributed by atoms with E-state index < -0.39 is 0 Å². The van der Waals surface area contributed by atoms with Gasteiger partial charge in [-0.2, -0.15) is 5.10 Å². The van der Waals surface area contributed by atoms with Crippen LogP contribution >= 0.6 is 0 Å². The van der Waals surface area contributed by atoms with Gasteiger partial charge in [-0.05, 0) is 60.5 Å². The predicted molar refractivity (Wildman–Crippen MR) is 130 cm³/mol. The van der Waals surface area contributed by atoms with Crippen LogP contribution < -0.4 is 14.8 Å². The fraction of sp³-hybridized carbons (Fsp3) is 0.185. The number of methoxy groups -OCH3 is 2. The zero-order valence-electron chi connectivity index (χ0n) is 18.6. The van der Waals surface area contributed by atoms with Gasteiger partial charge in [0.25, 0.3) is 0 Å². The summed E-state index contributed by atoms with van der Waals surface area (Å²) >= 11 is 0. The molecule has 164 valence electrons. The lowest BCUT2D eigenvalue weighted by Gasteiger charge is -2.18. The normalized spacial score (nSPS) is 13.3. The summed E-state index contributed by atoms with van der Waals surface area (Å²) in [5.74, 6) is 1.37. The number of hydrogen-bond acceptors (Lipinski definition) is 5. The van der Waals surface area contributed by atoms with Gasteiger partial charge in [-0.3, -0.25) is 4.98 Å². The van der Waals surface area contributed by atoms with Crippen molar-refractivity contribution in [1.29, 1.82) is 0 Å². The molecule has 5 aromatic rings. The Hall–Kier alpha value is -3.90. The number of pyridine rings is 1. The summed E-state index contributed by atoms with van der Waals surface area (Å²) in [4.78, 5) is 4.73. The van der Waals surface area contributed by atoms with Crippen molar-refractivity contribution in [2.24, 2.45) is 0 Å². The highest BCUT2D eigenvalue weighted by molar-refractivity contribution is 6.08. The van der Waals surface area contributed by atoms with E-state index in [0.29, 0.717) is 11.5 Å². The van der Waals surface area contributed by atoms with Gasteiger partial charge in [0.15, 0.2) is 11.5 Å². The van der Waals surface area contributed by atoms with Crippen LogP contribution in [0.2, 0.25) is 0 Å². The summed E-state index contributed by atoms with van der Waals surface area (Å²) in [5, 5.41) is 10.6. The van der Waals surface area contributed by atoms with E-state index in [9.17, 15) is 0 Å². The van der Waals surface area contributed by atoms with Crippen LogP contribution in [0.25, 0.3) is 38.8 Å². The van der Waals surface area contributed by atoms with Crippen LogP contribution in [-0.4, -0.2) is 35.5 Å². The summed E-state index contributed by atoms with van der Waals surface area (Å²) in [6.07, 6.45) is 2.95. The second kappa shape index (κ2) is 7.90. The van der Waals surface area contributed by atoms with E-state index in [0.717, 1.165) is 58.3 Å². The highest BCUT2D eigenvalue weighted by Crippen LogP contribution is 2.37. The van der Waals surface area contributed by atoms with E-state index in [1.807, 2.05) is 36.5 Å². The Morgan fingerprint density at radius 2 is 1.76 bits per heavy atom. The largest absolute Gasteiger partial charge is 0.493 e. The molecule has 2 aromatic heterocycles. The van der Waals surface area contributed by atoms with Crippen molar-refractivity contribution in [2.45, 2.75) is 13.0 Å². The maximum atomic E-state index is 5.55. The molecule has 0 saturated heterocycles. The minimum atomic E-state index is 0.674. The minimum absolute atomic E-state index is 0.674. The van der Waals surface area contributed by atoms with E-state index >= 15 is 0 Å². The van der Waals surface area contributed by atoms with Gasteiger partial charge in [-0.25, -0.2) is 4.68 Å². The number of fused-ring (bicyclic) bond motifs is 4. The van der Waals surface area contributed by atoms with E-state index in [1.54, 1.807) is 14.2 Å². The van der Waals surface area contributed by atoms with Crippen LogP contribution in [0.15, 0.2) is 66.9 Å². The average molecular weight is 437 g/mol. The van der Waals surface area contributed by atoms with Crippen LogP contribution in [0.1, 0.15) is 11.1 Å². The molecule has 6 heteroatoms. The van der Waals surface area contributed by atoms with Crippen LogP contribution in [-0.2, 0) is 13.0 Å². The van der Waals surface area contributed by atoms with Crippen LogP contribution in [0, 0.1) is 0 Å². The van der Waals surface area contributed by atoms with Gasteiger partial charge in [0.05, 0.1) is 30.9 Å². The van der Waals surface area contributed by atoms with Crippen molar-refractivity contribution < 1.29 is 9.47 Å². The molecule has 0 fully saturated rings. The minimum Gasteiger partial charge on any atom is -0.493 e. The van der Waals surface area contributed by atoms with Gasteiger partial charge in [0.2, 0.25) is 0 Å². The number of benzene rings is 3. The summed E-state index contributed by atoms with van der Waals surface area (Å²) in [6.45, 7) is 1.92. The number of nitrogens with zero attached hydrogens (tertiary/aromatic N) is 3. The van der Waals surface area contributed by atoms with Crippen molar-refractivity contribution in [3.63, 3.8) is 0 Å². The molecule has 0 unspecified atom stereocenters. The first-order valence-corrected chi connectivity index (χ1v) is 11.1. The highest BCUT2D eigenvalue weighted by atomic mass is 16.5. The lowest BCUT2D eigenvalue weighted by molar-refractivity contribution is 0.355. The molecule has 0 spiro atoms. The van der Waals surface area contributed by atoms with Crippen molar-refractivity contribution in [3.8, 4) is 28.4 Å². The van der Waals surface area contributed by atoms with E-state index in [4.69, 9.17) is 19.6 Å². The van der Waals surface area contributed by atoms with Crippen LogP contribution in [0.3, 0.4) is 0 Å². The van der Waals surface area contributed by atoms with Gasteiger partial charge < -0.3 is 14.8 Å². The molecule has 0 aliphatic carbocycles. The molecule has 1 aliphatic rings. The number of rotatable bonds is 4. The molecule has 3 heterocycles. The number of nitrogens with one attached hydrogen (secondary N) is 1. The Kier molecular flexibility index (Phi) is 4.73. The van der Waals surface area contributed by atoms with E-state index in [2.05, 4.69) is 40.3 Å². The molecule has 1 N–H and O–H groups in total.